The molecular formula is C10H13N3O. The molecule has 1 aromatic rings. The summed E-state index contributed by atoms with van der Waals surface area (Å²) in [6, 6.07) is 3.93. The molecule has 0 spiro atoms. The number of hydrogen-bond donors (Lipinski definition) is 2. The fourth-order valence-corrected chi connectivity index (χ4v) is 1.60. The van der Waals surface area contributed by atoms with E-state index in [2.05, 4.69) is 22.5 Å². The van der Waals surface area contributed by atoms with E-state index in [0.29, 0.717) is 13.1 Å². The van der Waals surface area contributed by atoms with Crippen LogP contribution < -0.4 is 10.6 Å². The van der Waals surface area contributed by atoms with Crippen LogP contribution in [0.4, 0.5) is 0 Å². The van der Waals surface area contributed by atoms with Crippen molar-refractivity contribution in [1.82, 2.24) is 15.6 Å². The van der Waals surface area contributed by atoms with Crippen LogP contribution in [0.1, 0.15) is 12.5 Å². The Bertz CT molecular complexity index is 326. The molecule has 0 bridgehead atoms. The number of aromatic nitrogens is 1. The molecule has 1 fully saturated rings. The van der Waals surface area contributed by atoms with Gasteiger partial charge in [0, 0.05) is 18.9 Å². The number of rotatable bonds is 1. The summed E-state index contributed by atoms with van der Waals surface area (Å²) < 4.78 is 0. The first kappa shape index (κ1) is 9.15. The van der Waals surface area contributed by atoms with Crippen molar-refractivity contribution < 1.29 is 4.79 Å². The number of pyridine rings is 1. The Morgan fingerprint density at radius 2 is 2.14 bits per heavy atom. The molecule has 1 aromatic heterocycles. The molecule has 14 heavy (non-hydrogen) atoms. The fourth-order valence-electron chi connectivity index (χ4n) is 1.60. The van der Waals surface area contributed by atoms with Gasteiger partial charge in [0.2, 0.25) is 5.91 Å². The predicted molar refractivity (Wildman–Crippen MR) is 52.6 cm³/mol. The summed E-state index contributed by atoms with van der Waals surface area (Å²) in [4.78, 5) is 15.0. The Kier molecular flexibility index (Phi) is 2.21. The van der Waals surface area contributed by atoms with Crippen molar-refractivity contribution >= 4 is 5.91 Å². The maximum atomic E-state index is 11.0. The summed E-state index contributed by atoms with van der Waals surface area (Å²) in [7, 11) is 0. The maximum absolute atomic E-state index is 11.0. The molecule has 74 valence electrons. The zero-order valence-electron chi connectivity index (χ0n) is 8.08. The van der Waals surface area contributed by atoms with Crippen LogP contribution in [0.2, 0.25) is 0 Å². The van der Waals surface area contributed by atoms with E-state index < -0.39 is 0 Å². The first-order valence-electron chi connectivity index (χ1n) is 4.63. The van der Waals surface area contributed by atoms with Crippen LogP contribution in [0.5, 0.6) is 0 Å². The highest BCUT2D eigenvalue weighted by atomic mass is 16.2. The third-order valence-electron chi connectivity index (χ3n) is 2.60. The van der Waals surface area contributed by atoms with Gasteiger partial charge in [-0.2, -0.15) is 0 Å². The van der Waals surface area contributed by atoms with Gasteiger partial charge in [-0.1, -0.05) is 0 Å². The van der Waals surface area contributed by atoms with E-state index in [1.54, 1.807) is 12.4 Å². The van der Waals surface area contributed by atoms with E-state index in [0.717, 1.165) is 5.56 Å². The van der Waals surface area contributed by atoms with Crippen molar-refractivity contribution in [2.75, 3.05) is 13.1 Å². The van der Waals surface area contributed by atoms with Crippen molar-refractivity contribution in [3.05, 3.63) is 30.1 Å². The maximum Gasteiger partial charge on any atom is 0.234 e. The molecule has 1 unspecified atom stereocenters. The number of carbonyl (C=O) groups is 1. The highest BCUT2D eigenvalue weighted by molar-refractivity contribution is 5.79. The topological polar surface area (TPSA) is 54.0 Å². The minimum absolute atomic E-state index is 0.0523. The molecule has 2 N–H and O–H groups in total. The summed E-state index contributed by atoms with van der Waals surface area (Å²) in [6.45, 7) is 3.07. The molecule has 0 radical (unpaired) electrons. The van der Waals surface area contributed by atoms with Gasteiger partial charge in [-0.05, 0) is 24.6 Å². The second kappa shape index (κ2) is 3.38. The summed E-state index contributed by atoms with van der Waals surface area (Å²) in [5, 5.41) is 6.07. The van der Waals surface area contributed by atoms with E-state index in [1.807, 2.05) is 12.1 Å². The van der Waals surface area contributed by atoms with Crippen LogP contribution in [-0.2, 0) is 10.3 Å². The van der Waals surface area contributed by atoms with E-state index in [-0.39, 0.29) is 11.4 Å². The molecular weight excluding hydrogens is 178 g/mol. The average molecular weight is 191 g/mol. The van der Waals surface area contributed by atoms with Gasteiger partial charge in [-0.15, -0.1) is 0 Å². The Hall–Kier alpha value is -1.42. The van der Waals surface area contributed by atoms with Crippen molar-refractivity contribution in [2.45, 2.75) is 12.5 Å². The third-order valence-corrected chi connectivity index (χ3v) is 2.60. The molecule has 2 rings (SSSR count). The lowest BCUT2D eigenvalue weighted by atomic mass is 9.91. The largest absolute Gasteiger partial charge is 0.353 e. The lowest BCUT2D eigenvalue weighted by Crippen LogP contribution is -2.57. The molecule has 2 heterocycles. The summed E-state index contributed by atoms with van der Waals surface area (Å²) in [5.41, 5.74) is 0.976. The van der Waals surface area contributed by atoms with Gasteiger partial charge in [0.15, 0.2) is 0 Å². The number of amides is 1. The van der Waals surface area contributed by atoms with Crippen LogP contribution in [-0.4, -0.2) is 24.0 Å². The van der Waals surface area contributed by atoms with Gasteiger partial charge in [0.05, 0.1) is 12.1 Å². The van der Waals surface area contributed by atoms with Gasteiger partial charge < -0.3 is 5.32 Å². The Morgan fingerprint density at radius 3 is 2.71 bits per heavy atom. The lowest BCUT2D eigenvalue weighted by Gasteiger charge is -2.35. The third kappa shape index (κ3) is 1.61. The molecule has 1 atom stereocenters. The minimum atomic E-state index is -0.170. The Morgan fingerprint density at radius 1 is 1.43 bits per heavy atom. The number of nitrogens with one attached hydrogen (secondary N) is 2. The van der Waals surface area contributed by atoms with Gasteiger partial charge >= 0.3 is 0 Å². The second-order valence-electron chi connectivity index (χ2n) is 3.70. The zero-order chi connectivity index (χ0) is 10.0. The van der Waals surface area contributed by atoms with Crippen molar-refractivity contribution in [1.29, 1.82) is 0 Å². The second-order valence-corrected chi connectivity index (χ2v) is 3.70. The van der Waals surface area contributed by atoms with Gasteiger partial charge in [0.1, 0.15) is 0 Å². The van der Waals surface area contributed by atoms with Crippen LogP contribution in [0, 0.1) is 0 Å². The first-order chi connectivity index (χ1) is 6.71. The number of piperazine rings is 1. The molecule has 0 aliphatic carbocycles. The van der Waals surface area contributed by atoms with Gasteiger partial charge in [0.25, 0.3) is 0 Å². The highest BCUT2D eigenvalue weighted by Gasteiger charge is 2.30. The van der Waals surface area contributed by atoms with Crippen molar-refractivity contribution in [2.24, 2.45) is 0 Å². The quantitative estimate of drug-likeness (QED) is 0.657. The molecule has 1 saturated heterocycles. The van der Waals surface area contributed by atoms with Crippen LogP contribution >= 0.6 is 0 Å². The normalized spacial score (nSPS) is 27.1. The van der Waals surface area contributed by atoms with E-state index >= 15 is 0 Å². The smallest absolute Gasteiger partial charge is 0.234 e. The average Bonchev–Trinajstić information content (AvgIpc) is 2.24. The van der Waals surface area contributed by atoms with Gasteiger partial charge in [-0.3, -0.25) is 15.1 Å². The zero-order valence-corrected chi connectivity index (χ0v) is 8.08. The highest BCUT2D eigenvalue weighted by Crippen LogP contribution is 2.20. The van der Waals surface area contributed by atoms with Gasteiger partial charge in [-0.25, -0.2) is 0 Å². The molecule has 4 heteroatoms. The monoisotopic (exact) mass is 191 g/mol. The SMILES string of the molecule is CC1(c2ccncc2)CNC(=O)CN1. The van der Waals surface area contributed by atoms with Crippen LogP contribution in [0.3, 0.4) is 0 Å². The summed E-state index contributed by atoms with van der Waals surface area (Å²) in [6.07, 6.45) is 3.53. The Balaban J connectivity index is 2.21. The molecule has 1 aliphatic heterocycles. The van der Waals surface area contributed by atoms with Crippen molar-refractivity contribution in [3.8, 4) is 0 Å². The standard InChI is InChI=1S/C10H13N3O/c1-10(7-12-9(14)6-13-10)8-2-4-11-5-3-8/h2-5,13H,6-7H2,1H3,(H,12,14). The molecule has 0 saturated carbocycles. The lowest BCUT2D eigenvalue weighted by molar-refractivity contribution is -0.122. The van der Waals surface area contributed by atoms with E-state index in [4.69, 9.17) is 0 Å². The Labute approximate surface area is 82.7 Å². The van der Waals surface area contributed by atoms with E-state index in [1.165, 1.54) is 0 Å². The number of hydrogen-bond acceptors (Lipinski definition) is 3. The van der Waals surface area contributed by atoms with Crippen LogP contribution in [0.15, 0.2) is 24.5 Å². The molecule has 0 aromatic carbocycles. The minimum Gasteiger partial charge on any atom is -0.353 e. The van der Waals surface area contributed by atoms with E-state index in [9.17, 15) is 4.79 Å². The first-order valence-corrected chi connectivity index (χ1v) is 4.63. The summed E-state index contributed by atoms with van der Waals surface area (Å²) in [5.74, 6) is 0.0523. The molecule has 4 nitrogen and oxygen atoms in total. The number of carbonyl (C=O) groups excluding carboxylic acids is 1. The van der Waals surface area contributed by atoms with Crippen LogP contribution in [0.25, 0.3) is 0 Å². The molecule has 1 aliphatic rings. The summed E-state index contributed by atoms with van der Waals surface area (Å²) >= 11 is 0. The molecule has 1 amide bonds. The number of nitrogens with zero attached hydrogens (tertiary/aromatic N) is 1. The fraction of sp³-hybridized carbons (Fsp3) is 0.400. The van der Waals surface area contributed by atoms with Crippen molar-refractivity contribution in [3.63, 3.8) is 0 Å². The predicted octanol–water partition coefficient (Wildman–Crippen LogP) is 0.0162.